The zero-order chi connectivity index (χ0) is 15.0. The van der Waals surface area contributed by atoms with E-state index in [4.69, 9.17) is 0 Å². The van der Waals surface area contributed by atoms with E-state index in [1.54, 1.807) is 18.3 Å². The van der Waals surface area contributed by atoms with E-state index < -0.39 is 11.5 Å². The number of thiazole rings is 1. The van der Waals surface area contributed by atoms with Crippen molar-refractivity contribution in [1.82, 2.24) is 10.3 Å². The largest absolute Gasteiger partial charge is 0.480 e. The number of aryl methyl sites for hydroxylation is 1. The Bertz CT molecular complexity index is 687. The molecule has 0 bridgehead atoms. The Kier molecular flexibility index (Phi) is 3.54. The molecule has 0 saturated heterocycles. The van der Waals surface area contributed by atoms with Gasteiger partial charge in [0.1, 0.15) is 15.4 Å². The van der Waals surface area contributed by atoms with Gasteiger partial charge in [0.25, 0.3) is 5.91 Å². The Hall–Kier alpha value is -1.73. The first-order valence-electron chi connectivity index (χ1n) is 6.59. The number of thiophene rings is 1. The number of rotatable bonds is 4. The minimum Gasteiger partial charge on any atom is -0.480 e. The van der Waals surface area contributed by atoms with Crippen LogP contribution in [0.15, 0.2) is 17.5 Å². The number of carboxylic acids is 1. The molecule has 0 spiro atoms. The van der Waals surface area contributed by atoms with E-state index in [1.807, 2.05) is 17.5 Å². The van der Waals surface area contributed by atoms with Crippen molar-refractivity contribution in [3.63, 3.8) is 0 Å². The Morgan fingerprint density at radius 1 is 1.43 bits per heavy atom. The lowest BCUT2D eigenvalue weighted by atomic mass is 9.76. The maximum atomic E-state index is 12.4. The van der Waals surface area contributed by atoms with Crippen LogP contribution in [0.2, 0.25) is 0 Å². The van der Waals surface area contributed by atoms with Gasteiger partial charge in [-0.15, -0.1) is 22.7 Å². The van der Waals surface area contributed by atoms with Gasteiger partial charge < -0.3 is 10.4 Å². The molecule has 2 heterocycles. The predicted molar refractivity (Wildman–Crippen MR) is 81.8 cm³/mol. The van der Waals surface area contributed by atoms with E-state index >= 15 is 0 Å². The lowest BCUT2D eigenvalue weighted by molar-refractivity contribution is -0.148. The molecule has 0 atom stereocenters. The van der Waals surface area contributed by atoms with Crippen molar-refractivity contribution in [3.8, 4) is 9.88 Å². The van der Waals surface area contributed by atoms with E-state index in [9.17, 15) is 14.7 Å². The van der Waals surface area contributed by atoms with Crippen LogP contribution in [0.4, 0.5) is 0 Å². The lowest BCUT2D eigenvalue weighted by Crippen LogP contribution is -2.59. The summed E-state index contributed by atoms with van der Waals surface area (Å²) in [6, 6.07) is 3.89. The van der Waals surface area contributed by atoms with Crippen molar-refractivity contribution in [2.45, 2.75) is 31.7 Å². The van der Waals surface area contributed by atoms with Crippen LogP contribution in [0.25, 0.3) is 9.88 Å². The minimum absolute atomic E-state index is 0.338. The second kappa shape index (κ2) is 5.23. The summed E-state index contributed by atoms with van der Waals surface area (Å²) in [4.78, 5) is 29.6. The first-order valence-corrected chi connectivity index (χ1v) is 8.29. The number of carboxylic acid groups (broad SMARTS) is 1. The van der Waals surface area contributed by atoms with E-state index in [0.29, 0.717) is 23.4 Å². The Morgan fingerprint density at radius 3 is 2.71 bits per heavy atom. The molecule has 1 aliphatic carbocycles. The summed E-state index contributed by atoms with van der Waals surface area (Å²) >= 11 is 2.87. The monoisotopic (exact) mass is 322 g/mol. The quantitative estimate of drug-likeness (QED) is 0.907. The van der Waals surface area contributed by atoms with Gasteiger partial charge in [-0.05, 0) is 37.6 Å². The number of hydrogen-bond donors (Lipinski definition) is 2. The summed E-state index contributed by atoms with van der Waals surface area (Å²) in [5.74, 6) is -1.29. The highest BCUT2D eigenvalue weighted by atomic mass is 32.1. The van der Waals surface area contributed by atoms with E-state index in [-0.39, 0.29) is 5.91 Å². The molecule has 3 rings (SSSR count). The molecular weight excluding hydrogens is 308 g/mol. The van der Waals surface area contributed by atoms with Gasteiger partial charge in [-0.2, -0.15) is 0 Å². The van der Waals surface area contributed by atoms with Crippen molar-refractivity contribution in [2.24, 2.45) is 0 Å². The van der Waals surface area contributed by atoms with E-state index in [2.05, 4.69) is 10.3 Å². The molecule has 110 valence electrons. The molecule has 0 aliphatic heterocycles. The zero-order valence-corrected chi connectivity index (χ0v) is 13.0. The van der Waals surface area contributed by atoms with Crippen molar-refractivity contribution < 1.29 is 14.7 Å². The summed E-state index contributed by atoms with van der Waals surface area (Å²) in [7, 11) is 0. The lowest BCUT2D eigenvalue weighted by Gasteiger charge is -2.38. The molecule has 2 N–H and O–H groups in total. The second-order valence-corrected chi connectivity index (χ2v) is 7.05. The van der Waals surface area contributed by atoms with Crippen LogP contribution in [-0.2, 0) is 4.79 Å². The van der Waals surface area contributed by atoms with Crippen LogP contribution in [-0.4, -0.2) is 27.5 Å². The average Bonchev–Trinajstić information content (AvgIpc) is 3.01. The standard InChI is InChI=1S/C14H14N2O3S2/c1-8-10(21-12(15-8)9-4-2-7-20-9)11(17)16-14(13(18)19)5-3-6-14/h2,4,7H,3,5-6H2,1H3,(H,16,17)(H,18,19). The first kappa shape index (κ1) is 14.2. The Labute approximate surface area is 129 Å². The molecule has 21 heavy (non-hydrogen) atoms. The Balaban J connectivity index is 1.84. The number of carbonyl (C=O) groups excluding carboxylic acids is 1. The third-order valence-electron chi connectivity index (χ3n) is 3.70. The van der Waals surface area contributed by atoms with Crippen LogP contribution in [0.5, 0.6) is 0 Å². The fourth-order valence-corrected chi connectivity index (χ4v) is 4.07. The number of carbonyl (C=O) groups is 2. The molecule has 0 aromatic carbocycles. The van der Waals surface area contributed by atoms with E-state index in [1.165, 1.54) is 11.3 Å². The third-order valence-corrected chi connectivity index (χ3v) is 5.90. The highest BCUT2D eigenvalue weighted by Crippen LogP contribution is 2.34. The molecule has 1 amide bonds. The molecule has 1 fully saturated rings. The minimum atomic E-state index is -1.09. The Morgan fingerprint density at radius 2 is 2.19 bits per heavy atom. The van der Waals surface area contributed by atoms with Crippen molar-refractivity contribution in [1.29, 1.82) is 0 Å². The summed E-state index contributed by atoms with van der Waals surface area (Å²) in [6.45, 7) is 1.77. The van der Waals surface area contributed by atoms with E-state index in [0.717, 1.165) is 16.3 Å². The van der Waals surface area contributed by atoms with Gasteiger partial charge in [0.15, 0.2) is 0 Å². The molecule has 2 aromatic heterocycles. The van der Waals surface area contributed by atoms with Crippen LogP contribution in [0.1, 0.15) is 34.6 Å². The number of amides is 1. The molecular formula is C14H14N2O3S2. The van der Waals surface area contributed by atoms with Crippen LogP contribution in [0.3, 0.4) is 0 Å². The van der Waals surface area contributed by atoms with Gasteiger partial charge >= 0.3 is 5.97 Å². The van der Waals surface area contributed by atoms with Gasteiger partial charge in [0.05, 0.1) is 10.6 Å². The van der Waals surface area contributed by atoms with Crippen LogP contribution < -0.4 is 5.32 Å². The molecule has 5 nitrogen and oxygen atoms in total. The second-order valence-electron chi connectivity index (χ2n) is 5.11. The maximum Gasteiger partial charge on any atom is 0.329 e. The van der Waals surface area contributed by atoms with Gasteiger partial charge in [-0.25, -0.2) is 9.78 Å². The topological polar surface area (TPSA) is 79.3 Å². The van der Waals surface area contributed by atoms with Crippen LogP contribution >= 0.6 is 22.7 Å². The molecule has 1 saturated carbocycles. The van der Waals surface area contributed by atoms with Crippen LogP contribution in [0, 0.1) is 6.92 Å². The molecule has 7 heteroatoms. The SMILES string of the molecule is Cc1nc(-c2cccs2)sc1C(=O)NC1(C(=O)O)CCC1. The molecule has 2 aromatic rings. The highest BCUT2D eigenvalue weighted by molar-refractivity contribution is 7.22. The normalized spacial score (nSPS) is 16.2. The number of nitrogens with one attached hydrogen (secondary N) is 1. The van der Waals surface area contributed by atoms with Crippen molar-refractivity contribution in [2.75, 3.05) is 0 Å². The van der Waals surface area contributed by atoms with Gasteiger partial charge in [0, 0.05) is 0 Å². The fourth-order valence-electron chi connectivity index (χ4n) is 2.31. The van der Waals surface area contributed by atoms with Gasteiger partial charge in [-0.1, -0.05) is 6.07 Å². The highest BCUT2D eigenvalue weighted by Gasteiger charge is 2.46. The smallest absolute Gasteiger partial charge is 0.329 e. The van der Waals surface area contributed by atoms with Crippen molar-refractivity contribution in [3.05, 3.63) is 28.1 Å². The third kappa shape index (κ3) is 2.47. The summed E-state index contributed by atoms with van der Waals surface area (Å²) in [5.41, 5.74) is -0.447. The average molecular weight is 322 g/mol. The fraction of sp³-hybridized carbons (Fsp3) is 0.357. The molecule has 0 radical (unpaired) electrons. The summed E-state index contributed by atoms with van der Waals surface area (Å²) in [5, 5.41) is 14.7. The summed E-state index contributed by atoms with van der Waals surface area (Å²) in [6.07, 6.45) is 1.81. The predicted octanol–water partition coefficient (Wildman–Crippen LogP) is 2.92. The first-order chi connectivity index (χ1) is 10.0. The molecule has 1 aliphatic rings. The van der Waals surface area contributed by atoms with Gasteiger partial charge in [-0.3, -0.25) is 4.79 Å². The number of nitrogens with zero attached hydrogens (tertiary/aromatic N) is 1. The molecule has 0 unspecified atom stereocenters. The maximum absolute atomic E-state index is 12.4. The van der Waals surface area contributed by atoms with Gasteiger partial charge in [0.2, 0.25) is 0 Å². The number of aliphatic carboxylic acids is 1. The zero-order valence-electron chi connectivity index (χ0n) is 11.4. The number of aromatic nitrogens is 1. The summed E-state index contributed by atoms with van der Waals surface area (Å²) < 4.78 is 0. The van der Waals surface area contributed by atoms with Crippen molar-refractivity contribution >= 4 is 34.6 Å². The number of hydrogen-bond acceptors (Lipinski definition) is 5.